The number of aliphatic hydroxyl groups is 3. The average Bonchev–Trinajstić information content (AvgIpc) is 3.00. The first-order valence-corrected chi connectivity index (χ1v) is 11.8. The van der Waals surface area contributed by atoms with Crippen molar-refractivity contribution in [2.75, 3.05) is 0 Å². The summed E-state index contributed by atoms with van der Waals surface area (Å²) < 4.78 is 5.12. The lowest BCUT2D eigenvalue weighted by Crippen LogP contribution is -2.23. The zero-order valence-corrected chi connectivity index (χ0v) is 19.0. The van der Waals surface area contributed by atoms with E-state index in [9.17, 15) is 20.1 Å². The molecule has 5 nitrogen and oxygen atoms in total. The van der Waals surface area contributed by atoms with Crippen LogP contribution in [0.25, 0.3) is 0 Å². The fourth-order valence-electron chi connectivity index (χ4n) is 4.47. The Hall–Kier alpha value is -1.69. The van der Waals surface area contributed by atoms with Gasteiger partial charge in [-0.3, -0.25) is 4.79 Å². The van der Waals surface area contributed by atoms with Crippen LogP contribution in [0.5, 0.6) is 0 Å². The van der Waals surface area contributed by atoms with Crippen molar-refractivity contribution >= 4 is 5.97 Å². The summed E-state index contributed by atoms with van der Waals surface area (Å²) in [6, 6.07) is 10.1. The van der Waals surface area contributed by atoms with Crippen LogP contribution in [0, 0.1) is 11.8 Å². The molecule has 1 aliphatic carbocycles. The van der Waals surface area contributed by atoms with E-state index in [1.807, 2.05) is 38.1 Å². The number of carbonyl (C=O) groups excluding carboxylic acids is 1. The van der Waals surface area contributed by atoms with Gasteiger partial charge >= 0.3 is 5.97 Å². The van der Waals surface area contributed by atoms with Gasteiger partial charge in [0, 0.05) is 6.42 Å². The molecule has 1 aromatic rings. The molecule has 174 valence electrons. The van der Waals surface area contributed by atoms with Crippen LogP contribution in [0.15, 0.2) is 42.5 Å². The van der Waals surface area contributed by atoms with Gasteiger partial charge in [0.05, 0.1) is 24.4 Å². The second-order valence-corrected chi connectivity index (χ2v) is 9.09. The quantitative estimate of drug-likeness (QED) is 0.247. The molecule has 1 fully saturated rings. The molecule has 1 aromatic carbocycles. The maximum Gasteiger partial charge on any atom is 0.306 e. The minimum absolute atomic E-state index is 0.00652. The van der Waals surface area contributed by atoms with Crippen LogP contribution in [-0.2, 0) is 16.0 Å². The summed E-state index contributed by atoms with van der Waals surface area (Å²) in [7, 11) is 0. The van der Waals surface area contributed by atoms with E-state index in [4.69, 9.17) is 4.74 Å². The van der Waals surface area contributed by atoms with E-state index in [-0.39, 0.29) is 23.9 Å². The molecule has 5 heteroatoms. The van der Waals surface area contributed by atoms with Crippen LogP contribution >= 0.6 is 0 Å². The number of unbranched alkanes of at least 4 members (excludes halogenated alkanes) is 1. The first kappa shape index (κ1) is 25.6. The Kier molecular flexibility index (Phi) is 11.3. The van der Waals surface area contributed by atoms with Crippen LogP contribution in [0.3, 0.4) is 0 Å². The highest BCUT2D eigenvalue weighted by Crippen LogP contribution is 2.38. The molecule has 0 spiro atoms. The second-order valence-electron chi connectivity index (χ2n) is 9.09. The SMILES string of the molecule is CC(C)OC(=O)CCC/C=C/C[C@H]1[C@@H](CC[C@H](O)CCc2ccccc2)[C@@H](O)C[C@H]1O. The Bertz CT molecular complexity index is 657. The van der Waals surface area contributed by atoms with Crippen molar-refractivity contribution in [2.45, 2.75) is 96.1 Å². The Morgan fingerprint density at radius 1 is 1.10 bits per heavy atom. The van der Waals surface area contributed by atoms with Crippen LogP contribution in [-0.4, -0.2) is 45.7 Å². The first-order valence-electron chi connectivity index (χ1n) is 11.8. The maximum absolute atomic E-state index is 11.5. The Morgan fingerprint density at radius 2 is 1.81 bits per heavy atom. The monoisotopic (exact) mass is 432 g/mol. The fraction of sp³-hybridized carbons (Fsp3) is 0.654. The van der Waals surface area contributed by atoms with Gasteiger partial charge in [-0.25, -0.2) is 0 Å². The van der Waals surface area contributed by atoms with Crippen molar-refractivity contribution < 1.29 is 24.9 Å². The van der Waals surface area contributed by atoms with E-state index >= 15 is 0 Å². The summed E-state index contributed by atoms with van der Waals surface area (Å²) in [5.41, 5.74) is 1.22. The summed E-state index contributed by atoms with van der Waals surface area (Å²) in [6.45, 7) is 3.69. The number of aliphatic hydroxyl groups excluding tert-OH is 3. The molecular weight excluding hydrogens is 392 g/mol. The molecule has 0 heterocycles. The Labute approximate surface area is 187 Å². The molecule has 0 bridgehead atoms. The summed E-state index contributed by atoms with van der Waals surface area (Å²) in [6.07, 6.45) is 8.58. The third kappa shape index (κ3) is 9.55. The normalized spacial score (nSPS) is 24.7. The molecule has 0 radical (unpaired) electrons. The van der Waals surface area contributed by atoms with Crippen molar-refractivity contribution in [3.63, 3.8) is 0 Å². The zero-order chi connectivity index (χ0) is 22.6. The van der Waals surface area contributed by atoms with E-state index < -0.39 is 18.3 Å². The van der Waals surface area contributed by atoms with Gasteiger partial charge in [0.15, 0.2) is 0 Å². The lowest BCUT2D eigenvalue weighted by Gasteiger charge is -2.23. The summed E-state index contributed by atoms with van der Waals surface area (Å²) in [5.74, 6) is -0.144. The van der Waals surface area contributed by atoms with Gasteiger partial charge in [0.25, 0.3) is 0 Å². The largest absolute Gasteiger partial charge is 0.463 e. The van der Waals surface area contributed by atoms with Gasteiger partial charge in [0.2, 0.25) is 0 Å². The number of rotatable bonds is 13. The van der Waals surface area contributed by atoms with Gasteiger partial charge in [-0.15, -0.1) is 0 Å². The number of benzene rings is 1. The Balaban J connectivity index is 1.70. The third-order valence-corrected chi connectivity index (χ3v) is 6.16. The molecule has 0 aromatic heterocycles. The summed E-state index contributed by atoms with van der Waals surface area (Å²) in [4.78, 5) is 11.5. The minimum atomic E-state index is -0.513. The van der Waals surface area contributed by atoms with E-state index in [2.05, 4.69) is 18.2 Å². The van der Waals surface area contributed by atoms with Gasteiger partial charge in [-0.2, -0.15) is 0 Å². The number of aryl methyl sites for hydroxylation is 1. The van der Waals surface area contributed by atoms with E-state index in [1.54, 1.807) is 0 Å². The van der Waals surface area contributed by atoms with Crippen molar-refractivity contribution in [3.8, 4) is 0 Å². The molecule has 2 rings (SSSR count). The van der Waals surface area contributed by atoms with Crippen LogP contribution in [0.2, 0.25) is 0 Å². The topological polar surface area (TPSA) is 87.0 Å². The number of hydrogen-bond acceptors (Lipinski definition) is 5. The molecule has 0 aliphatic heterocycles. The lowest BCUT2D eigenvalue weighted by atomic mass is 9.85. The Morgan fingerprint density at radius 3 is 2.52 bits per heavy atom. The van der Waals surface area contributed by atoms with E-state index in [0.717, 1.165) is 19.3 Å². The number of ether oxygens (including phenoxy) is 1. The highest BCUT2D eigenvalue weighted by Gasteiger charge is 2.40. The average molecular weight is 433 g/mol. The molecule has 1 saturated carbocycles. The van der Waals surface area contributed by atoms with Crippen molar-refractivity contribution in [3.05, 3.63) is 48.0 Å². The molecule has 5 atom stereocenters. The fourth-order valence-corrected chi connectivity index (χ4v) is 4.47. The van der Waals surface area contributed by atoms with Gasteiger partial charge < -0.3 is 20.1 Å². The van der Waals surface area contributed by atoms with Gasteiger partial charge in [-0.1, -0.05) is 42.5 Å². The van der Waals surface area contributed by atoms with E-state index in [0.29, 0.717) is 38.5 Å². The van der Waals surface area contributed by atoms with Crippen LogP contribution in [0.4, 0.5) is 0 Å². The second kappa shape index (κ2) is 13.7. The molecule has 0 amide bonds. The smallest absolute Gasteiger partial charge is 0.306 e. The lowest BCUT2D eigenvalue weighted by molar-refractivity contribution is -0.147. The number of carbonyl (C=O) groups is 1. The van der Waals surface area contributed by atoms with Gasteiger partial charge in [0.1, 0.15) is 0 Å². The predicted octanol–water partition coefficient (Wildman–Crippen LogP) is 4.19. The third-order valence-electron chi connectivity index (χ3n) is 6.16. The number of allylic oxidation sites excluding steroid dienone is 2. The van der Waals surface area contributed by atoms with Crippen molar-refractivity contribution in [1.82, 2.24) is 0 Å². The molecule has 3 N–H and O–H groups in total. The number of hydrogen-bond donors (Lipinski definition) is 3. The van der Waals surface area contributed by atoms with Crippen LogP contribution in [0.1, 0.15) is 70.8 Å². The zero-order valence-electron chi connectivity index (χ0n) is 19.0. The molecule has 0 saturated heterocycles. The first-order chi connectivity index (χ1) is 14.9. The number of esters is 1. The van der Waals surface area contributed by atoms with Crippen molar-refractivity contribution in [1.29, 1.82) is 0 Å². The van der Waals surface area contributed by atoms with Crippen molar-refractivity contribution in [2.24, 2.45) is 11.8 Å². The molecular formula is C26H40O5. The molecule has 31 heavy (non-hydrogen) atoms. The molecule has 1 aliphatic rings. The standard InChI is InChI=1S/C26H40O5/c1-19(2)31-26(30)13-9-4-3-8-12-22-23(25(29)18-24(22)28)17-16-21(27)15-14-20-10-6-5-7-11-20/h3,5-8,10-11,19,21-25,27-29H,4,9,12-18H2,1-2H3/b8-3+/t21-,22+,23-,24-,25+/m1/s1. The van der Waals surface area contributed by atoms with Crippen LogP contribution < -0.4 is 0 Å². The summed E-state index contributed by atoms with van der Waals surface area (Å²) >= 11 is 0. The highest BCUT2D eigenvalue weighted by molar-refractivity contribution is 5.69. The van der Waals surface area contributed by atoms with E-state index in [1.165, 1.54) is 5.56 Å². The van der Waals surface area contributed by atoms with Gasteiger partial charge in [-0.05, 0) is 82.6 Å². The molecule has 0 unspecified atom stereocenters. The summed E-state index contributed by atoms with van der Waals surface area (Å²) in [5, 5.41) is 31.2. The predicted molar refractivity (Wildman–Crippen MR) is 122 cm³/mol. The minimum Gasteiger partial charge on any atom is -0.463 e. The highest BCUT2D eigenvalue weighted by atomic mass is 16.5. The maximum atomic E-state index is 11.5.